The molecule has 1 N–H and O–H groups in total. The quantitative estimate of drug-likeness (QED) is 0.932. The normalized spacial score (nSPS) is 17.9. The van der Waals surface area contributed by atoms with Crippen LogP contribution in [0.3, 0.4) is 0 Å². The van der Waals surface area contributed by atoms with Crippen LogP contribution in [0, 0.1) is 6.92 Å². The average Bonchev–Trinajstić information content (AvgIpc) is 3.10. The van der Waals surface area contributed by atoms with Gasteiger partial charge in [0.05, 0.1) is 5.69 Å². The standard InChI is InChI=1S/C15H15ClN2O2S/c1-9-13(10-4-6-11(16)7-5-10)17-15(21-9)18-14(19)12-3-2-8-20-12/h4-7,12H,2-3,8H2,1H3,(H,17,18,19)/t12-/m0/s1. The van der Waals surface area contributed by atoms with E-state index in [0.717, 1.165) is 29.0 Å². The first-order valence-electron chi connectivity index (χ1n) is 6.79. The van der Waals surface area contributed by atoms with E-state index in [-0.39, 0.29) is 12.0 Å². The molecular formula is C15H15ClN2O2S. The van der Waals surface area contributed by atoms with Crippen molar-refractivity contribution >= 4 is 34.0 Å². The van der Waals surface area contributed by atoms with Crippen LogP contribution in [0.1, 0.15) is 17.7 Å². The van der Waals surface area contributed by atoms with Crippen LogP contribution < -0.4 is 5.32 Å². The topological polar surface area (TPSA) is 51.2 Å². The number of amides is 1. The lowest BCUT2D eigenvalue weighted by Gasteiger charge is -2.07. The highest BCUT2D eigenvalue weighted by Gasteiger charge is 2.24. The summed E-state index contributed by atoms with van der Waals surface area (Å²) in [5.41, 5.74) is 1.87. The molecule has 0 spiro atoms. The third kappa shape index (κ3) is 3.26. The minimum atomic E-state index is -0.340. The van der Waals surface area contributed by atoms with Crippen molar-refractivity contribution in [1.82, 2.24) is 4.98 Å². The number of halogens is 1. The molecule has 0 aliphatic carbocycles. The molecule has 0 radical (unpaired) electrons. The lowest BCUT2D eigenvalue weighted by atomic mass is 10.1. The Kier molecular flexibility index (Phi) is 4.24. The van der Waals surface area contributed by atoms with Crippen LogP contribution in [-0.4, -0.2) is 23.6 Å². The Bertz CT molecular complexity index is 648. The van der Waals surface area contributed by atoms with E-state index in [4.69, 9.17) is 16.3 Å². The molecule has 1 aromatic heterocycles. The molecule has 1 aliphatic heterocycles. The average molecular weight is 323 g/mol. The zero-order chi connectivity index (χ0) is 14.8. The maximum absolute atomic E-state index is 12.0. The first-order chi connectivity index (χ1) is 10.1. The molecule has 2 heterocycles. The third-order valence-electron chi connectivity index (χ3n) is 3.37. The maximum atomic E-state index is 12.0. The molecule has 21 heavy (non-hydrogen) atoms. The summed E-state index contributed by atoms with van der Waals surface area (Å²) in [6.45, 7) is 2.65. The van der Waals surface area contributed by atoms with E-state index in [2.05, 4.69) is 10.3 Å². The molecular weight excluding hydrogens is 308 g/mol. The summed E-state index contributed by atoms with van der Waals surface area (Å²) in [5, 5.41) is 4.15. The van der Waals surface area contributed by atoms with Crippen molar-refractivity contribution in [2.45, 2.75) is 25.9 Å². The summed E-state index contributed by atoms with van der Waals surface area (Å²) in [7, 11) is 0. The highest BCUT2D eigenvalue weighted by Crippen LogP contribution is 2.31. The highest BCUT2D eigenvalue weighted by atomic mass is 35.5. The maximum Gasteiger partial charge on any atom is 0.255 e. The van der Waals surface area contributed by atoms with Crippen molar-refractivity contribution in [3.8, 4) is 11.3 Å². The largest absolute Gasteiger partial charge is 0.368 e. The SMILES string of the molecule is Cc1sc(NC(=O)[C@@H]2CCCO2)nc1-c1ccc(Cl)cc1. The Hall–Kier alpha value is -1.43. The van der Waals surface area contributed by atoms with Crippen LogP contribution in [0.4, 0.5) is 5.13 Å². The second kappa shape index (κ2) is 6.13. The Morgan fingerprint density at radius 1 is 1.43 bits per heavy atom. The van der Waals surface area contributed by atoms with Crippen LogP contribution in [0.2, 0.25) is 5.02 Å². The number of hydrogen-bond acceptors (Lipinski definition) is 4. The predicted octanol–water partition coefficient (Wildman–Crippen LogP) is 3.89. The molecule has 110 valence electrons. The number of ether oxygens (including phenoxy) is 1. The fourth-order valence-corrected chi connectivity index (χ4v) is 3.26. The lowest BCUT2D eigenvalue weighted by Crippen LogP contribution is -2.26. The van der Waals surface area contributed by atoms with Gasteiger partial charge in [-0.3, -0.25) is 10.1 Å². The fraction of sp³-hybridized carbons (Fsp3) is 0.333. The zero-order valence-corrected chi connectivity index (χ0v) is 13.1. The van der Waals surface area contributed by atoms with Gasteiger partial charge in [0.15, 0.2) is 5.13 Å². The number of carbonyl (C=O) groups is 1. The van der Waals surface area contributed by atoms with Gasteiger partial charge in [0.25, 0.3) is 5.91 Å². The molecule has 1 saturated heterocycles. The first kappa shape index (κ1) is 14.5. The van der Waals surface area contributed by atoms with Crippen molar-refractivity contribution in [2.75, 3.05) is 11.9 Å². The van der Waals surface area contributed by atoms with Gasteiger partial charge >= 0.3 is 0 Å². The van der Waals surface area contributed by atoms with Crippen molar-refractivity contribution < 1.29 is 9.53 Å². The molecule has 4 nitrogen and oxygen atoms in total. The number of aromatic nitrogens is 1. The number of aryl methyl sites for hydroxylation is 1. The van der Waals surface area contributed by atoms with E-state index < -0.39 is 0 Å². The van der Waals surface area contributed by atoms with Crippen molar-refractivity contribution in [3.05, 3.63) is 34.2 Å². The zero-order valence-electron chi connectivity index (χ0n) is 11.6. The van der Waals surface area contributed by atoms with Gasteiger partial charge in [0.1, 0.15) is 6.10 Å². The number of hydrogen-bond donors (Lipinski definition) is 1. The molecule has 6 heteroatoms. The number of thiazole rings is 1. The summed E-state index contributed by atoms with van der Waals surface area (Å²) in [6.07, 6.45) is 1.37. The molecule has 1 aliphatic rings. The molecule has 1 atom stereocenters. The summed E-state index contributed by atoms with van der Waals surface area (Å²) in [6, 6.07) is 7.52. The molecule has 3 rings (SSSR count). The molecule has 0 bridgehead atoms. The summed E-state index contributed by atoms with van der Waals surface area (Å²) in [4.78, 5) is 17.6. The first-order valence-corrected chi connectivity index (χ1v) is 7.99. The number of anilines is 1. The number of nitrogens with zero attached hydrogens (tertiary/aromatic N) is 1. The molecule has 0 saturated carbocycles. The van der Waals surface area contributed by atoms with Gasteiger partial charge in [-0.1, -0.05) is 23.7 Å². The summed E-state index contributed by atoms with van der Waals surface area (Å²) in [5.74, 6) is -0.107. The van der Waals surface area contributed by atoms with Crippen molar-refractivity contribution in [2.24, 2.45) is 0 Å². The predicted molar refractivity (Wildman–Crippen MR) is 84.9 cm³/mol. The van der Waals surface area contributed by atoms with E-state index >= 15 is 0 Å². The van der Waals surface area contributed by atoms with Gasteiger partial charge in [-0.05, 0) is 31.9 Å². The van der Waals surface area contributed by atoms with E-state index in [9.17, 15) is 4.79 Å². The van der Waals surface area contributed by atoms with Crippen molar-refractivity contribution in [3.63, 3.8) is 0 Å². The van der Waals surface area contributed by atoms with Crippen LogP contribution in [-0.2, 0) is 9.53 Å². The number of benzene rings is 1. The minimum Gasteiger partial charge on any atom is -0.368 e. The molecule has 2 aromatic rings. The van der Waals surface area contributed by atoms with Gasteiger partial charge in [-0.25, -0.2) is 4.98 Å². The van der Waals surface area contributed by atoms with E-state index in [1.54, 1.807) is 0 Å². The van der Waals surface area contributed by atoms with Crippen LogP contribution >= 0.6 is 22.9 Å². The van der Waals surface area contributed by atoms with E-state index in [1.807, 2.05) is 31.2 Å². The fourth-order valence-electron chi connectivity index (χ4n) is 2.30. The van der Waals surface area contributed by atoms with Gasteiger partial charge < -0.3 is 4.74 Å². The smallest absolute Gasteiger partial charge is 0.255 e. The van der Waals surface area contributed by atoms with Gasteiger partial charge in [0.2, 0.25) is 0 Å². The number of nitrogens with one attached hydrogen (secondary N) is 1. The van der Waals surface area contributed by atoms with Crippen LogP contribution in [0.15, 0.2) is 24.3 Å². The second-order valence-electron chi connectivity index (χ2n) is 4.92. The van der Waals surface area contributed by atoms with Crippen LogP contribution in [0.25, 0.3) is 11.3 Å². The monoisotopic (exact) mass is 322 g/mol. The van der Waals surface area contributed by atoms with E-state index in [0.29, 0.717) is 16.8 Å². The Balaban J connectivity index is 1.77. The Morgan fingerprint density at radius 2 is 2.19 bits per heavy atom. The molecule has 1 fully saturated rings. The highest BCUT2D eigenvalue weighted by molar-refractivity contribution is 7.16. The van der Waals surface area contributed by atoms with Crippen LogP contribution in [0.5, 0.6) is 0 Å². The molecule has 1 amide bonds. The number of rotatable bonds is 3. The Morgan fingerprint density at radius 3 is 2.86 bits per heavy atom. The lowest BCUT2D eigenvalue weighted by molar-refractivity contribution is -0.124. The van der Waals surface area contributed by atoms with Crippen molar-refractivity contribution in [1.29, 1.82) is 0 Å². The summed E-state index contributed by atoms with van der Waals surface area (Å²) < 4.78 is 5.37. The number of carbonyl (C=O) groups excluding carboxylic acids is 1. The molecule has 0 unspecified atom stereocenters. The molecule has 1 aromatic carbocycles. The van der Waals surface area contributed by atoms with Gasteiger partial charge in [-0.15, -0.1) is 11.3 Å². The minimum absolute atomic E-state index is 0.107. The second-order valence-corrected chi connectivity index (χ2v) is 6.56. The Labute approximate surface area is 132 Å². The third-order valence-corrected chi connectivity index (χ3v) is 4.50. The van der Waals surface area contributed by atoms with Gasteiger partial charge in [-0.2, -0.15) is 0 Å². The summed E-state index contributed by atoms with van der Waals surface area (Å²) >= 11 is 7.37. The van der Waals surface area contributed by atoms with Gasteiger partial charge in [0, 0.05) is 22.1 Å². The van der Waals surface area contributed by atoms with E-state index in [1.165, 1.54) is 11.3 Å².